The normalized spacial score (nSPS) is 25.2. The van der Waals surface area contributed by atoms with Crippen LogP contribution in [0, 0.1) is 24.1 Å². The lowest BCUT2D eigenvalue weighted by Crippen LogP contribution is -2.50. The van der Waals surface area contributed by atoms with Gasteiger partial charge in [0.15, 0.2) is 0 Å². The van der Waals surface area contributed by atoms with Crippen LogP contribution >= 0.6 is 0 Å². The third-order valence-corrected chi connectivity index (χ3v) is 9.97. The lowest BCUT2D eigenvalue weighted by molar-refractivity contribution is -0.150. The van der Waals surface area contributed by atoms with Gasteiger partial charge in [-0.2, -0.15) is 0 Å². The van der Waals surface area contributed by atoms with Gasteiger partial charge in [0, 0.05) is 16.7 Å². The van der Waals surface area contributed by atoms with Gasteiger partial charge in [0.1, 0.15) is 18.2 Å². The monoisotopic (exact) mass is 527 g/mol. The fourth-order valence-electron chi connectivity index (χ4n) is 7.73. The first kappa shape index (κ1) is 26.0. The van der Waals surface area contributed by atoms with E-state index in [-0.39, 0.29) is 22.6 Å². The van der Waals surface area contributed by atoms with E-state index in [2.05, 4.69) is 37.0 Å². The Morgan fingerprint density at radius 3 is 2.62 bits per heavy atom. The molecule has 1 spiro atoms. The minimum atomic E-state index is -0.677. The van der Waals surface area contributed by atoms with Crippen LogP contribution in [0.2, 0.25) is 0 Å². The highest BCUT2D eigenvalue weighted by molar-refractivity contribution is 5.75. The Morgan fingerprint density at radius 1 is 1.05 bits per heavy atom. The number of carboxylic acid groups (broad SMARTS) is 1. The van der Waals surface area contributed by atoms with Gasteiger partial charge in [-0.1, -0.05) is 44.5 Å². The molecule has 4 nitrogen and oxygen atoms in total. The molecule has 2 fully saturated rings. The molecule has 3 aliphatic rings. The van der Waals surface area contributed by atoms with Gasteiger partial charge in [0.25, 0.3) is 0 Å². The summed E-state index contributed by atoms with van der Waals surface area (Å²) in [7, 11) is 0. The number of fused-ring (bicyclic) bond motifs is 2. The molecule has 6 rings (SSSR count). The number of hydrogen-bond acceptors (Lipinski definition) is 3. The van der Waals surface area contributed by atoms with Crippen molar-refractivity contribution in [3.63, 3.8) is 0 Å². The van der Waals surface area contributed by atoms with Gasteiger partial charge in [0.05, 0.1) is 12.1 Å². The van der Waals surface area contributed by atoms with Crippen LogP contribution in [-0.2, 0) is 23.2 Å². The van der Waals surface area contributed by atoms with Crippen molar-refractivity contribution < 1.29 is 19.0 Å². The average Bonchev–Trinajstić information content (AvgIpc) is 3.26. The molecule has 204 valence electrons. The standard InChI is InChI=1S/C34H38FNO3/c1-21-16-27(31(35)19-36-21)25-11-8-22(17-26(25)28-7-5-13-33(28,2)3)20-39-24-10-9-23-6-4-14-34(30(23)18-24)15-12-29(34)32(37)38/h8-11,16-19,28-29H,4-7,12-15,20H2,1-3H3,(H,37,38)/t28-,29-,34+/m0/s1. The van der Waals surface area contributed by atoms with E-state index in [0.717, 1.165) is 67.5 Å². The summed E-state index contributed by atoms with van der Waals surface area (Å²) < 4.78 is 21.3. The number of hydrogen-bond donors (Lipinski definition) is 1. The van der Waals surface area contributed by atoms with Crippen LogP contribution in [0.3, 0.4) is 0 Å². The summed E-state index contributed by atoms with van der Waals surface area (Å²) >= 11 is 0. The van der Waals surface area contributed by atoms with E-state index in [4.69, 9.17) is 4.74 Å². The number of pyridine rings is 1. The molecule has 39 heavy (non-hydrogen) atoms. The summed E-state index contributed by atoms with van der Waals surface area (Å²) in [6.07, 6.45) is 9.41. The third kappa shape index (κ3) is 4.54. The van der Waals surface area contributed by atoms with E-state index in [1.807, 2.05) is 31.2 Å². The zero-order valence-corrected chi connectivity index (χ0v) is 23.2. The van der Waals surface area contributed by atoms with Crippen LogP contribution < -0.4 is 4.74 Å². The number of rotatable bonds is 6. The number of halogens is 1. The van der Waals surface area contributed by atoms with Gasteiger partial charge in [-0.05, 0) is 109 Å². The smallest absolute Gasteiger partial charge is 0.307 e. The zero-order valence-electron chi connectivity index (χ0n) is 23.2. The van der Waals surface area contributed by atoms with E-state index in [9.17, 15) is 14.3 Å². The Hall–Kier alpha value is -3.21. The van der Waals surface area contributed by atoms with Crippen LogP contribution in [0.25, 0.3) is 11.1 Å². The quantitative estimate of drug-likeness (QED) is 0.351. The maximum Gasteiger partial charge on any atom is 0.307 e. The van der Waals surface area contributed by atoms with Crippen molar-refractivity contribution in [1.29, 1.82) is 0 Å². The lowest BCUT2D eigenvalue weighted by atomic mass is 9.52. The SMILES string of the molecule is Cc1cc(-c2ccc(COc3ccc4c(c3)[C@]3(CCC4)CC[C@H]3C(=O)O)cc2[C@@H]2CCCC2(C)C)c(F)cn1. The first-order valence-corrected chi connectivity index (χ1v) is 14.4. The summed E-state index contributed by atoms with van der Waals surface area (Å²) in [6, 6.07) is 14.4. The van der Waals surface area contributed by atoms with Gasteiger partial charge >= 0.3 is 5.97 Å². The molecule has 5 heteroatoms. The first-order valence-electron chi connectivity index (χ1n) is 14.4. The number of aromatic nitrogens is 1. The minimum absolute atomic E-state index is 0.142. The van der Waals surface area contributed by atoms with Crippen LogP contribution in [0.15, 0.2) is 48.7 Å². The van der Waals surface area contributed by atoms with Crippen LogP contribution in [0.4, 0.5) is 4.39 Å². The molecule has 2 saturated carbocycles. The van der Waals surface area contributed by atoms with Crippen LogP contribution in [0.1, 0.15) is 92.7 Å². The number of carboxylic acids is 1. The summed E-state index contributed by atoms with van der Waals surface area (Å²) in [5.41, 5.74) is 6.95. The van der Waals surface area contributed by atoms with Gasteiger partial charge in [-0.25, -0.2) is 4.39 Å². The summed E-state index contributed by atoms with van der Waals surface area (Å²) in [5.74, 6) is -0.137. The van der Waals surface area contributed by atoms with Crippen LogP contribution in [0.5, 0.6) is 5.75 Å². The summed E-state index contributed by atoms with van der Waals surface area (Å²) in [6.45, 7) is 6.95. The predicted molar refractivity (Wildman–Crippen MR) is 150 cm³/mol. The zero-order chi connectivity index (χ0) is 27.4. The first-order chi connectivity index (χ1) is 18.7. The highest BCUT2D eigenvalue weighted by Crippen LogP contribution is 2.56. The second kappa shape index (κ2) is 9.76. The largest absolute Gasteiger partial charge is 0.489 e. The van der Waals surface area contributed by atoms with E-state index in [1.54, 1.807) is 0 Å². The van der Waals surface area contributed by atoms with Crippen molar-refractivity contribution in [3.8, 4) is 16.9 Å². The Bertz CT molecular complexity index is 1430. The molecule has 0 saturated heterocycles. The molecule has 1 heterocycles. The predicted octanol–water partition coefficient (Wildman–Crippen LogP) is 8.14. The van der Waals surface area contributed by atoms with Crippen molar-refractivity contribution in [2.75, 3.05) is 0 Å². The molecule has 3 aromatic rings. The van der Waals surface area contributed by atoms with Gasteiger partial charge in [-0.3, -0.25) is 9.78 Å². The second-order valence-electron chi connectivity index (χ2n) is 12.7. The molecule has 3 aliphatic carbocycles. The van der Waals surface area contributed by atoms with Gasteiger partial charge in [-0.15, -0.1) is 0 Å². The van der Waals surface area contributed by atoms with Crippen molar-refractivity contribution >= 4 is 5.97 Å². The molecule has 2 aromatic carbocycles. The second-order valence-corrected chi connectivity index (χ2v) is 12.7. The molecule has 3 atom stereocenters. The van der Waals surface area contributed by atoms with Crippen LogP contribution in [-0.4, -0.2) is 16.1 Å². The number of aryl methyl sites for hydroxylation is 2. The molecule has 1 N–H and O–H groups in total. The minimum Gasteiger partial charge on any atom is -0.489 e. The Morgan fingerprint density at radius 2 is 1.90 bits per heavy atom. The molecular weight excluding hydrogens is 489 g/mol. The van der Waals surface area contributed by atoms with Crippen molar-refractivity contribution in [3.05, 3.63) is 82.4 Å². The maximum absolute atomic E-state index is 15.0. The summed E-state index contributed by atoms with van der Waals surface area (Å²) in [5, 5.41) is 9.83. The van der Waals surface area contributed by atoms with Crippen molar-refractivity contribution in [2.24, 2.45) is 11.3 Å². The molecule has 0 bridgehead atoms. The highest BCUT2D eigenvalue weighted by Gasteiger charge is 2.53. The Labute approximate surface area is 230 Å². The number of nitrogens with zero attached hydrogens (tertiary/aromatic N) is 1. The van der Waals surface area contributed by atoms with Gasteiger partial charge in [0.2, 0.25) is 0 Å². The number of benzene rings is 2. The Balaban J connectivity index is 1.31. The van der Waals surface area contributed by atoms with Gasteiger partial charge < -0.3 is 9.84 Å². The number of carbonyl (C=O) groups is 1. The van der Waals surface area contributed by atoms with Crippen molar-refractivity contribution in [2.45, 2.75) is 90.1 Å². The van der Waals surface area contributed by atoms with E-state index in [1.165, 1.54) is 29.3 Å². The number of ether oxygens (including phenoxy) is 1. The Kier molecular flexibility index (Phi) is 6.52. The topological polar surface area (TPSA) is 59.4 Å². The number of aliphatic carboxylic acids is 1. The maximum atomic E-state index is 15.0. The molecule has 0 radical (unpaired) electrons. The third-order valence-electron chi connectivity index (χ3n) is 9.97. The summed E-state index contributed by atoms with van der Waals surface area (Å²) in [4.78, 5) is 16.1. The molecule has 0 aliphatic heterocycles. The lowest BCUT2D eigenvalue weighted by Gasteiger charge is -2.51. The van der Waals surface area contributed by atoms with E-state index < -0.39 is 5.97 Å². The molecule has 0 unspecified atom stereocenters. The molecule has 0 amide bonds. The van der Waals surface area contributed by atoms with Crippen molar-refractivity contribution in [1.82, 2.24) is 4.98 Å². The fraction of sp³-hybridized carbons (Fsp3) is 0.471. The molecule has 1 aromatic heterocycles. The highest BCUT2D eigenvalue weighted by atomic mass is 19.1. The van der Waals surface area contributed by atoms with E-state index >= 15 is 0 Å². The molecular formula is C34H38FNO3. The fourth-order valence-corrected chi connectivity index (χ4v) is 7.73. The average molecular weight is 528 g/mol. The van der Waals surface area contributed by atoms with E-state index in [0.29, 0.717) is 18.1 Å².